The van der Waals surface area contributed by atoms with Crippen molar-refractivity contribution in [1.82, 2.24) is 0 Å². The number of esters is 2. The maximum atomic E-state index is 12.4. The van der Waals surface area contributed by atoms with Crippen molar-refractivity contribution in [3.8, 4) is 0 Å². The zero-order chi connectivity index (χ0) is 17.7. The van der Waals surface area contributed by atoms with Gasteiger partial charge in [-0.2, -0.15) is 0 Å². The van der Waals surface area contributed by atoms with Crippen molar-refractivity contribution in [2.75, 3.05) is 6.61 Å². The van der Waals surface area contributed by atoms with E-state index in [4.69, 9.17) is 9.47 Å². The molecule has 0 aromatic carbocycles. The van der Waals surface area contributed by atoms with Crippen molar-refractivity contribution >= 4 is 11.9 Å². The van der Waals surface area contributed by atoms with Gasteiger partial charge in [0.05, 0.1) is 5.41 Å². The standard InChI is InChI=1S/C20H28O4/c1-6-12(2)17(21)24-16-8-7-15-9-20(11-19(15,5)14(16)4)13(3)10-23-18(20)22/h6,14-16H,3,7-11H2,1-2,4-5H3. The third kappa shape index (κ3) is 2.34. The summed E-state index contributed by atoms with van der Waals surface area (Å²) >= 11 is 0. The SMILES string of the molecule is C=C1COC(=O)C12CC1CCC(OC(=O)C(C)=CC)C(C)C1(C)C2. The molecule has 5 unspecified atom stereocenters. The van der Waals surface area contributed by atoms with Crippen LogP contribution in [0.1, 0.15) is 53.4 Å². The molecular weight excluding hydrogens is 304 g/mol. The van der Waals surface area contributed by atoms with E-state index < -0.39 is 5.41 Å². The third-order valence-electron chi connectivity index (χ3n) is 7.07. The lowest BCUT2D eigenvalue weighted by Gasteiger charge is -2.46. The molecule has 132 valence electrons. The van der Waals surface area contributed by atoms with Crippen molar-refractivity contribution in [3.05, 3.63) is 23.8 Å². The predicted octanol–water partition coefficient (Wildman–Crippen LogP) is 3.81. The second-order valence-electron chi connectivity index (χ2n) is 8.13. The van der Waals surface area contributed by atoms with Crippen LogP contribution in [0.4, 0.5) is 0 Å². The highest BCUT2D eigenvalue weighted by molar-refractivity contribution is 5.87. The molecule has 3 fully saturated rings. The van der Waals surface area contributed by atoms with Crippen LogP contribution in [0, 0.1) is 22.7 Å². The molecule has 1 heterocycles. The molecule has 2 saturated carbocycles. The van der Waals surface area contributed by atoms with Gasteiger partial charge in [-0.05, 0) is 62.4 Å². The summed E-state index contributed by atoms with van der Waals surface area (Å²) in [5.74, 6) is 0.334. The Morgan fingerprint density at radius 1 is 1.42 bits per heavy atom. The van der Waals surface area contributed by atoms with E-state index in [0.717, 1.165) is 31.3 Å². The Morgan fingerprint density at radius 3 is 2.71 bits per heavy atom. The molecule has 0 aromatic heterocycles. The first-order chi connectivity index (χ1) is 11.2. The number of rotatable bonds is 2. The average molecular weight is 332 g/mol. The Labute approximate surface area is 144 Å². The maximum Gasteiger partial charge on any atom is 0.333 e. The van der Waals surface area contributed by atoms with E-state index >= 15 is 0 Å². The quantitative estimate of drug-likeness (QED) is 0.438. The summed E-state index contributed by atoms with van der Waals surface area (Å²) in [6.07, 6.45) is 5.14. The zero-order valence-electron chi connectivity index (χ0n) is 15.2. The minimum Gasteiger partial charge on any atom is -0.460 e. The topological polar surface area (TPSA) is 52.6 Å². The summed E-state index contributed by atoms with van der Waals surface area (Å²) in [5, 5.41) is 0. The van der Waals surface area contributed by atoms with Gasteiger partial charge in [0.25, 0.3) is 0 Å². The second-order valence-corrected chi connectivity index (χ2v) is 8.13. The lowest BCUT2D eigenvalue weighted by Crippen LogP contribution is -2.44. The van der Waals surface area contributed by atoms with Crippen LogP contribution in [-0.2, 0) is 19.1 Å². The van der Waals surface area contributed by atoms with Gasteiger partial charge in [-0.1, -0.05) is 26.5 Å². The van der Waals surface area contributed by atoms with Crippen molar-refractivity contribution in [2.24, 2.45) is 22.7 Å². The number of allylic oxidation sites excluding steroid dienone is 1. The number of carbonyl (C=O) groups is 2. The average Bonchev–Trinajstić information content (AvgIpc) is 3.02. The molecule has 0 amide bonds. The zero-order valence-corrected chi connectivity index (χ0v) is 15.2. The lowest BCUT2D eigenvalue weighted by atomic mass is 9.62. The third-order valence-corrected chi connectivity index (χ3v) is 7.07. The van der Waals surface area contributed by atoms with Crippen LogP contribution in [0.25, 0.3) is 0 Å². The van der Waals surface area contributed by atoms with Gasteiger partial charge in [0.1, 0.15) is 12.7 Å². The lowest BCUT2D eigenvalue weighted by molar-refractivity contribution is -0.155. The van der Waals surface area contributed by atoms with Gasteiger partial charge >= 0.3 is 11.9 Å². The molecular formula is C20H28O4. The van der Waals surface area contributed by atoms with Crippen molar-refractivity contribution in [3.63, 3.8) is 0 Å². The Balaban J connectivity index is 1.82. The van der Waals surface area contributed by atoms with E-state index in [1.54, 1.807) is 13.0 Å². The number of hydrogen-bond donors (Lipinski definition) is 0. The fourth-order valence-electron chi connectivity index (χ4n) is 5.03. The molecule has 1 spiro atoms. The molecule has 3 aliphatic rings. The number of hydrogen-bond acceptors (Lipinski definition) is 4. The molecule has 4 heteroatoms. The van der Waals surface area contributed by atoms with E-state index in [-0.39, 0.29) is 29.4 Å². The fourth-order valence-corrected chi connectivity index (χ4v) is 5.03. The summed E-state index contributed by atoms with van der Waals surface area (Å²) in [4.78, 5) is 24.6. The number of fused-ring (bicyclic) bond motifs is 1. The van der Waals surface area contributed by atoms with E-state index in [1.165, 1.54) is 0 Å². The normalized spacial score (nSPS) is 42.2. The molecule has 5 atom stereocenters. The van der Waals surface area contributed by atoms with Crippen LogP contribution >= 0.6 is 0 Å². The summed E-state index contributed by atoms with van der Waals surface area (Å²) in [6, 6.07) is 0. The van der Waals surface area contributed by atoms with Crippen molar-refractivity contribution < 1.29 is 19.1 Å². The molecule has 0 bridgehead atoms. The molecule has 1 saturated heterocycles. The molecule has 0 N–H and O–H groups in total. The van der Waals surface area contributed by atoms with Gasteiger partial charge in [-0.3, -0.25) is 4.79 Å². The summed E-state index contributed by atoms with van der Waals surface area (Å²) in [6.45, 7) is 12.5. The van der Waals surface area contributed by atoms with Gasteiger partial charge in [-0.25, -0.2) is 4.79 Å². The first kappa shape index (κ1) is 17.2. The van der Waals surface area contributed by atoms with Crippen molar-refractivity contribution in [1.29, 1.82) is 0 Å². The van der Waals surface area contributed by atoms with Crippen LogP contribution in [0.5, 0.6) is 0 Å². The first-order valence-electron chi connectivity index (χ1n) is 8.94. The predicted molar refractivity (Wildman–Crippen MR) is 91.1 cm³/mol. The summed E-state index contributed by atoms with van der Waals surface area (Å²) < 4.78 is 11.1. The minimum atomic E-state index is -0.508. The van der Waals surface area contributed by atoms with Gasteiger partial charge in [0, 0.05) is 5.57 Å². The second kappa shape index (κ2) is 5.75. The van der Waals surface area contributed by atoms with Crippen LogP contribution < -0.4 is 0 Å². The number of ether oxygens (including phenoxy) is 2. The van der Waals surface area contributed by atoms with E-state index in [2.05, 4.69) is 20.4 Å². The molecule has 3 rings (SSSR count). The number of cyclic esters (lactones) is 1. The van der Waals surface area contributed by atoms with Crippen LogP contribution in [-0.4, -0.2) is 24.6 Å². The van der Waals surface area contributed by atoms with Gasteiger partial charge < -0.3 is 9.47 Å². The van der Waals surface area contributed by atoms with Gasteiger partial charge in [0.15, 0.2) is 0 Å². The molecule has 4 nitrogen and oxygen atoms in total. The van der Waals surface area contributed by atoms with Crippen LogP contribution in [0.15, 0.2) is 23.8 Å². The van der Waals surface area contributed by atoms with Gasteiger partial charge in [-0.15, -0.1) is 0 Å². The highest BCUT2D eigenvalue weighted by Crippen LogP contribution is 2.65. The van der Waals surface area contributed by atoms with Crippen molar-refractivity contribution in [2.45, 2.75) is 59.5 Å². The Kier molecular flexibility index (Phi) is 4.13. The number of carbonyl (C=O) groups excluding carboxylic acids is 2. The molecule has 2 aliphatic carbocycles. The highest BCUT2D eigenvalue weighted by Gasteiger charge is 2.63. The smallest absolute Gasteiger partial charge is 0.333 e. The molecule has 0 radical (unpaired) electrons. The Hall–Kier alpha value is -1.58. The monoisotopic (exact) mass is 332 g/mol. The van der Waals surface area contributed by atoms with E-state index in [1.807, 2.05) is 6.92 Å². The Bertz CT molecular complexity index is 601. The van der Waals surface area contributed by atoms with E-state index in [0.29, 0.717) is 18.1 Å². The van der Waals surface area contributed by atoms with Gasteiger partial charge in [0.2, 0.25) is 0 Å². The molecule has 1 aliphatic heterocycles. The van der Waals surface area contributed by atoms with Crippen LogP contribution in [0.3, 0.4) is 0 Å². The van der Waals surface area contributed by atoms with Crippen LogP contribution in [0.2, 0.25) is 0 Å². The van der Waals surface area contributed by atoms with E-state index in [9.17, 15) is 9.59 Å². The molecule has 0 aromatic rings. The highest BCUT2D eigenvalue weighted by atomic mass is 16.5. The fraction of sp³-hybridized carbons (Fsp3) is 0.700. The first-order valence-corrected chi connectivity index (χ1v) is 8.94. The maximum absolute atomic E-state index is 12.4. The summed E-state index contributed by atoms with van der Waals surface area (Å²) in [5.41, 5.74) is 1.03. The largest absolute Gasteiger partial charge is 0.460 e. The Morgan fingerprint density at radius 2 is 2.12 bits per heavy atom. The summed E-state index contributed by atoms with van der Waals surface area (Å²) in [7, 11) is 0. The molecule has 24 heavy (non-hydrogen) atoms. The minimum absolute atomic E-state index is 0.0284.